The molecule has 0 unspecified atom stereocenters. The van der Waals surface area contributed by atoms with E-state index in [2.05, 4.69) is 32.2 Å². The van der Waals surface area contributed by atoms with Gasteiger partial charge in [0.25, 0.3) is 0 Å². The molecule has 0 saturated heterocycles. The molecule has 1 heterocycles. The van der Waals surface area contributed by atoms with Crippen molar-refractivity contribution in [2.75, 3.05) is 23.1 Å². The molecule has 8 heteroatoms. The molecule has 1 aromatic heterocycles. The molecule has 184 valence electrons. The van der Waals surface area contributed by atoms with E-state index in [1.165, 1.54) is 0 Å². The first-order valence-corrected chi connectivity index (χ1v) is 12.0. The Morgan fingerprint density at radius 3 is 2.22 bits per heavy atom. The molecule has 0 fully saturated rings. The van der Waals surface area contributed by atoms with Crippen LogP contribution in [-0.4, -0.2) is 23.3 Å². The van der Waals surface area contributed by atoms with Crippen molar-refractivity contribution >= 4 is 51.3 Å². The summed E-state index contributed by atoms with van der Waals surface area (Å²) in [4.78, 5) is 12.3. The molecule has 2 amide bonds. The van der Waals surface area contributed by atoms with Gasteiger partial charge < -0.3 is 20.7 Å². The van der Waals surface area contributed by atoms with Crippen molar-refractivity contribution in [2.45, 2.75) is 6.42 Å². The molecule has 0 atom stereocenters. The summed E-state index contributed by atoms with van der Waals surface area (Å²) in [5.41, 5.74) is 4.11. The number of fused-ring (bicyclic) bond motifs is 1. The van der Waals surface area contributed by atoms with Crippen molar-refractivity contribution in [3.8, 4) is 5.75 Å². The highest BCUT2D eigenvalue weighted by Gasteiger charge is 2.11. The van der Waals surface area contributed by atoms with E-state index in [4.69, 9.17) is 16.3 Å². The van der Waals surface area contributed by atoms with E-state index in [1.54, 1.807) is 31.4 Å². The Kier molecular flexibility index (Phi) is 7.14. The highest BCUT2D eigenvalue weighted by molar-refractivity contribution is 6.30. The Hall–Kier alpha value is -4.62. The van der Waals surface area contributed by atoms with Gasteiger partial charge in [-0.05, 0) is 60.2 Å². The van der Waals surface area contributed by atoms with Gasteiger partial charge in [0, 0.05) is 39.3 Å². The lowest BCUT2D eigenvalue weighted by atomic mass is 10.0. The molecule has 0 aliphatic rings. The van der Waals surface area contributed by atoms with Crippen LogP contribution in [0.5, 0.6) is 5.75 Å². The van der Waals surface area contributed by atoms with Crippen LogP contribution in [0, 0.1) is 0 Å². The SMILES string of the molecule is COc1ccc(Cc2nnc(Nc3ccc(NC(=O)Nc4cccc(Cl)c4)cc3)c3ccccc23)cc1. The van der Waals surface area contributed by atoms with E-state index in [-0.39, 0.29) is 6.03 Å². The summed E-state index contributed by atoms with van der Waals surface area (Å²) in [6, 6.07) is 30.0. The number of hydrogen-bond donors (Lipinski definition) is 3. The number of benzene rings is 4. The number of nitrogens with one attached hydrogen (secondary N) is 3. The smallest absolute Gasteiger partial charge is 0.323 e. The number of urea groups is 1. The van der Waals surface area contributed by atoms with Crippen molar-refractivity contribution < 1.29 is 9.53 Å². The van der Waals surface area contributed by atoms with Crippen molar-refractivity contribution in [3.63, 3.8) is 0 Å². The van der Waals surface area contributed by atoms with Crippen LogP contribution in [0.3, 0.4) is 0 Å². The van der Waals surface area contributed by atoms with Gasteiger partial charge in [0.2, 0.25) is 0 Å². The van der Waals surface area contributed by atoms with Crippen LogP contribution >= 0.6 is 11.6 Å². The predicted octanol–water partition coefficient (Wildman–Crippen LogP) is 7.27. The molecule has 5 rings (SSSR count). The lowest BCUT2D eigenvalue weighted by molar-refractivity contribution is 0.262. The highest BCUT2D eigenvalue weighted by atomic mass is 35.5. The third kappa shape index (κ3) is 5.97. The number of amides is 2. The van der Waals surface area contributed by atoms with Gasteiger partial charge in [-0.25, -0.2) is 4.79 Å². The largest absolute Gasteiger partial charge is 0.497 e. The lowest BCUT2D eigenvalue weighted by Gasteiger charge is -2.12. The van der Waals surface area contributed by atoms with E-state index in [1.807, 2.05) is 66.7 Å². The summed E-state index contributed by atoms with van der Waals surface area (Å²) in [6.07, 6.45) is 0.662. The first-order chi connectivity index (χ1) is 18.1. The number of carbonyl (C=O) groups is 1. The molecule has 37 heavy (non-hydrogen) atoms. The van der Waals surface area contributed by atoms with Gasteiger partial charge in [-0.2, -0.15) is 5.10 Å². The summed E-state index contributed by atoms with van der Waals surface area (Å²) >= 11 is 5.97. The summed E-state index contributed by atoms with van der Waals surface area (Å²) in [5, 5.41) is 20.5. The Bertz CT molecular complexity index is 1540. The Labute approximate surface area is 219 Å². The third-order valence-electron chi connectivity index (χ3n) is 5.78. The minimum Gasteiger partial charge on any atom is -0.497 e. The highest BCUT2D eigenvalue weighted by Crippen LogP contribution is 2.28. The Morgan fingerprint density at radius 2 is 1.49 bits per heavy atom. The predicted molar refractivity (Wildman–Crippen MR) is 149 cm³/mol. The zero-order valence-corrected chi connectivity index (χ0v) is 20.8. The maximum absolute atomic E-state index is 12.3. The van der Waals surface area contributed by atoms with E-state index in [0.717, 1.165) is 33.5 Å². The van der Waals surface area contributed by atoms with E-state index in [0.29, 0.717) is 28.6 Å². The van der Waals surface area contributed by atoms with Crippen LogP contribution in [0.1, 0.15) is 11.3 Å². The molecule has 0 aliphatic heterocycles. The standard InChI is InChI=1S/C29H24ClN5O2/c1-37-24-15-9-19(10-16-24)17-27-25-7-2-3-8-26(25)28(35-34-27)31-21-11-13-22(14-12-21)32-29(36)33-23-6-4-5-20(30)18-23/h2-16,18H,17H2,1H3,(H,31,35)(H2,32,33,36). The van der Waals surface area contributed by atoms with Crippen molar-refractivity contribution in [1.29, 1.82) is 0 Å². The summed E-state index contributed by atoms with van der Waals surface area (Å²) in [7, 11) is 1.66. The Morgan fingerprint density at radius 1 is 0.784 bits per heavy atom. The van der Waals surface area contributed by atoms with E-state index >= 15 is 0 Å². The minimum atomic E-state index is -0.354. The molecule has 0 aliphatic carbocycles. The fraction of sp³-hybridized carbons (Fsp3) is 0.0690. The Balaban J connectivity index is 1.29. The van der Waals surface area contributed by atoms with Gasteiger partial charge in [0.1, 0.15) is 5.75 Å². The number of methoxy groups -OCH3 is 1. The summed E-state index contributed by atoms with van der Waals surface area (Å²) in [5.74, 6) is 1.48. The molecule has 0 saturated carbocycles. The van der Waals surface area contributed by atoms with Gasteiger partial charge >= 0.3 is 6.03 Å². The summed E-state index contributed by atoms with van der Waals surface area (Å²) in [6.45, 7) is 0. The van der Waals surface area contributed by atoms with Crippen LogP contribution in [0.25, 0.3) is 10.8 Å². The van der Waals surface area contributed by atoms with Crippen molar-refractivity contribution in [1.82, 2.24) is 10.2 Å². The number of hydrogen-bond acceptors (Lipinski definition) is 5. The maximum Gasteiger partial charge on any atom is 0.323 e. The van der Waals surface area contributed by atoms with Crippen LogP contribution in [-0.2, 0) is 6.42 Å². The zero-order valence-electron chi connectivity index (χ0n) is 20.0. The fourth-order valence-corrected chi connectivity index (χ4v) is 4.14. The second-order valence-corrected chi connectivity index (χ2v) is 8.79. The van der Waals surface area contributed by atoms with Gasteiger partial charge in [-0.3, -0.25) is 0 Å². The molecule has 0 bridgehead atoms. The first-order valence-electron chi connectivity index (χ1n) is 11.7. The van der Waals surface area contributed by atoms with Crippen LogP contribution < -0.4 is 20.7 Å². The molecular weight excluding hydrogens is 486 g/mol. The minimum absolute atomic E-state index is 0.354. The number of aromatic nitrogens is 2. The molecule has 0 spiro atoms. The first kappa shape index (κ1) is 24.1. The molecule has 3 N–H and O–H groups in total. The molecule has 7 nitrogen and oxygen atoms in total. The zero-order chi connectivity index (χ0) is 25.6. The number of anilines is 4. The van der Waals surface area contributed by atoms with Crippen LogP contribution in [0.15, 0.2) is 97.1 Å². The molecule has 4 aromatic carbocycles. The quantitative estimate of drug-likeness (QED) is 0.215. The third-order valence-corrected chi connectivity index (χ3v) is 6.02. The van der Waals surface area contributed by atoms with Gasteiger partial charge in [0.05, 0.1) is 12.8 Å². The number of ether oxygens (including phenoxy) is 1. The van der Waals surface area contributed by atoms with E-state index < -0.39 is 0 Å². The average molecular weight is 510 g/mol. The number of carbonyl (C=O) groups excluding carboxylic acids is 1. The van der Waals surface area contributed by atoms with Crippen molar-refractivity contribution in [3.05, 3.63) is 113 Å². The van der Waals surface area contributed by atoms with Crippen molar-refractivity contribution in [2.24, 2.45) is 0 Å². The second kappa shape index (κ2) is 11.0. The topological polar surface area (TPSA) is 88.2 Å². The molecular formula is C29H24ClN5O2. The van der Waals surface area contributed by atoms with E-state index in [9.17, 15) is 4.79 Å². The second-order valence-electron chi connectivity index (χ2n) is 8.36. The molecule has 0 radical (unpaired) electrons. The number of halogens is 1. The van der Waals surface area contributed by atoms with Gasteiger partial charge in [0.15, 0.2) is 5.82 Å². The normalized spacial score (nSPS) is 10.6. The van der Waals surface area contributed by atoms with Gasteiger partial charge in [-0.15, -0.1) is 5.10 Å². The average Bonchev–Trinajstić information content (AvgIpc) is 2.91. The maximum atomic E-state index is 12.3. The number of rotatable bonds is 7. The van der Waals surface area contributed by atoms with Crippen LogP contribution in [0.2, 0.25) is 5.02 Å². The lowest BCUT2D eigenvalue weighted by Crippen LogP contribution is -2.19. The molecule has 5 aromatic rings. The van der Waals surface area contributed by atoms with Gasteiger partial charge in [-0.1, -0.05) is 54.1 Å². The summed E-state index contributed by atoms with van der Waals surface area (Å²) < 4.78 is 5.25. The fourth-order valence-electron chi connectivity index (χ4n) is 3.95. The number of nitrogens with zero attached hydrogens (tertiary/aromatic N) is 2. The van der Waals surface area contributed by atoms with Crippen LogP contribution in [0.4, 0.5) is 27.7 Å². The monoisotopic (exact) mass is 509 g/mol.